The topological polar surface area (TPSA) is 83.5 Å². The maximum Gasteiger partial charge on any atom is 0.315 e. The van der Waals surface area contributed by atoms with Crippen LogP contribution >= 0.6 is 0 Å². The predicted octanol–water partition coefficient (Wildman–Crippen LogP) is 1.27. The zero-order valence-electron chi connectivity index (χ0n) is 10.3. The Hall–Kier alpha value is -1.46. The minimum Gasteiger partial charge on any atom is -0.481 e. The van der Waals surface area contributed by atoms with Gasteiger partial charge in [-0.2, -0.15) is 0 Å². The molecule has 4 N–H and O–H groups in total. The number of carbonyl (C=O) groups is 1. The zero-order chi connectivity index (χ0) is 13.8. The van der Waals surface area contributed by atoms with E-state index in [1.54, 1.807) is 13.0 Å². The fraction of sp³-hybridized carbons (Fsp3) is 0.462. The van der Waals surface area contributed by atoms with Gasteiger partial charge in [0.2, 0.25) is 0 Å². The fourth-order valence-corrected chi connectivity index (χ4v) is 1.92. The van der Waals surface area contributed by atoms with E-state index in [-0.39, 0.29) is 13.0 Å². The number of hydrogen-bond donors (Lipinski definition) is 3. The molecule has 0 spiro atoms. The average Bonchev–Trinajstić information content (AvgIpc) is 2.29. The molecule has 18 heavy (non-hydrogen) atoms. The van der Waals surface area contributed by atoms with Gasteiger partial charge in [0, 0.05) is 6.54 Å². The van der Waals surface area contributed by atoms with E-state index in [0.717, 1.165) is 0 Å². The van der Waals surface area contributed by atoms with Gasteiger partial charge in [-0.1, -0.05) is 12.1 Å². The van der Waals surface area contributed by atoms with Crippen LogP contribution in [-0.2, 0) is 10.2 Å². The molecular weight excluding hydrogens is 237 g/mol. The Morgan fingerprint density at radius 2 is 2.22 bits per heavy atom. The maximum absolute atomic E-state index is 13.2. The highest BCUT2D eigenvalue weighted by molar-refractivity contribution is 5.81. The van der Waals surface area contributed by atoms with Gasteiger partial charge in [-0.25, -0.2) is 4.39 Å². The van der Waals surface area contributed by atoms with Crippen molar-refractivity contribution in [1.82, 2.24) is 0 Å². The summed E-state index contributed by atoms with van der Waals surface area (Å²) in [5.74, 6) is -1.60. The minimum atomic E-state index is -1.35. The molecule has 0 bridgehead atoms. The molecule has 0 saturated heterocycles. The molecule has 2 atom stereocenters. The first-order chi connectivity index (χ1) is 8.42. The number of halogens is 1. The van der Waals surface area contributed by atoms with E-state index in [1.807, 2.05) is 0 Å². The molecule has 100 valence electrons. The largest absolute Gasteiger partial charge is 0.481 e. The molecule has 0 radical (unpaired) electrons. The van der Waals surface area contributed by atoms with Crippen molar-refractivity contribution < 1.29 is 19.4 Å². The lowest BCUT2D eigenvalue weighted by molar-refractivity contribution is -0.144. The van der Waals surface area contributed by atoms with Gasteiger partial charge in [-0.3, -0.25) is 4.79 Å². The number of hydrogen-bond acceptors (Lipinski definition) is 3. The lowest BCUT2D eigenvalue weighted by atomic mass is 9.76. The molecular formula is C13H18FNO3. The first-order valence-corrected chi connectivity index (χ1v) is 5.80. The number of carboxylic acids is 1. The van der Waals surface area contributed by atoms with Crippen LogP contribution in [0.1, 0.15) is 25.3 Å². The summed E-state index contributed by atoms with van der Waals surface area (Å²) < 4.78 is 13.2. The maximum atomic E-state index is 13.2. The fourth-order valence-electron chi connectivity index (χ4n) is 1.92. The van der Waals surface area contributed by atoms with Crippen LogP contribution in [0.5, 0.6) is 0 Å². The monoisotopic (exact) mass is 255 g/mol. The summed E-state index contributed by atoms with van der Waals surface area (Å²) in [5, 5.41) is 18.7. The van der Waals surface area contributed by atoms with Crippen molar-refractivity contribution in [3.05, 3.63) is 35.6 Å². The Kier molecular flexibility index (Phi) is 4.81. The Balaban J connectivity index is 3.14. The molecule has 1 aromatic carbocycles. The van der Waals surface area contributed by atoms with Crippen LogP contribution < -0.4 is 5.73 Å². The summed E-state index contributed by atoms with van der Waals surface area (Å²) in [4.78, 5) is 11.5. The van der Waals surface area contributed by atoms with Gasteiger partial charge in [0.05, 0.1) is 6.10 Å². The summed E-state index contributed by atoms with van der Waals surface area (Å²) >= 11 is 0. The summed E-state index contributed by atoms with van der Waals surface area (Å²) in [7, 11) is 0. The average molecular weight is 255 g/mol. The van der Waals surface area contributed by atoms with E-state index in [2.05, 4.69) is 0 Å². The first kappa shape index (κ1) is 14.6. The van der Waals surface area contributed by atoms with E-state index >= 15 is 0 Å². The standard InChI is InChI=1S/C13H18FNO3/c1-9(16)5-6-13(8-15,12(17)18)10-3-2-4-11(14)7-10/h2-4,7,9,16H,5-6,8,15H2,1H3,(H,17,18). The van der Waals surface area contributed by atoms with Crippen molar-refractivity contribution in [3.63, 3.8) is 0 Å². The van der Waals surface area contributed by atoms with Gasteiger partial charge in [0.25, 0.3) is 0 Å². The van der Waals surface area contributed by atoms with Crippen LogP contribution in [0.4, 0.5) is 4.39 Å². The van der Waals surface area contributed by atoms with E-state index < -0.39 is 23.3 Å². The van der Waals surface area contributed by atoms with Crippen LogP contribution in [0.15, 0.2) is 24.3 Å². The highest BCUT2D eigenvalue weighted by atomic mass is 19.1. The van der Waals surface area contributed by atoms with Crippen LogP contribution in [0, 0.1) is 5.82 Å². The lowest BCUT2D eigenvalue weighted by Gasteiger charge is -2.29. The van der Waals surface area contributed by atoms with Gasteiger partial charge in [0.15, 0.2) is 0 Å². The van der Waals surface area contributed by atoms with Crippen LogP contribution in [0.3, 0.4) is 0 Å². The summed E-state index contributed by atoms with van der Waals surface area (Å²) in [6, 6.07) is 5.44. The first-order valence-electron chi connectivity index (χ1n) is 5.80. The van der Waals surface area contributed by atoms with E-state index in [4.69, 9.17) is 5.73 Å². The van der Waals surface area contributed by atoms with Gasteiger partial charge in [0.1, 0.15) is 11.2 Å². The molecule has 1 aromatic rings. The number of aliphatic hydroxyl groups excluding tert-OH is 1. The molecule has 0 aromatic heterocycles. The van der Waals surface area contributed by atoms with E-state index in [9.17, 15) is 19.4 Å². The molecule has 4 nitrogen and oxygen atoms in total. The molecule has 0 aliphatic rings. The third kappa shape index (κ3) is 3.05. The zero-order valence-corrected chi connectivity index (χ0v) is 10.3. The number of rotatable bonds is 6. The Morgan fingerprint density at radius 3 is 2.67 bits per heavy atom. The van der Waals surface area contributed by atoms with Crippen molar-refractivity contribution in [2.45, 2.75) is 31.3 Å². The van der Waals surface area contributed by atoms with Gasteiger partial charge in [-0.15, -0.1) is 0 Å². The molecule has 0 amide bonds. The van der Waals surface area contributed by atoms with Gasteiger partial charge < -0.3 is 15.9 Å². The molecule has 0 saturated carbocycles. The second-order valence-electron chi connectivity index (χ2n) is 4.49. The van der Waals surface area contributed by atoms with Gasteiger partial charge >= 0.3 is 5.97 Å². The summed E-state index contributed by atoms with van der Waals surface area (Å²) in [6.45, 7) is 1.44. The molecule has 2 unspecified atom stereocenters. The predicted molar refractivity (Wildman–Crippen MR) is 65.7 cm³/mol. The van der Waals surface area contributed by atoms with Crippen molar-refractivity contribution in [2.24, 2.45) is 5.73 Å². The Bertz CT molecular complexity index is 422. The second kappa shape index (κ2) is 5.93. The lowest BCUT2D eigenvalue weighted by Crippen LogP contribution is -2.43. The van der Waals surface area contributed by atoms with Crippen molar-refractivity contribution in [2.75, 3.05) is 6.54 Å². The van der Waals surface area contributed by atoms with Crippen molar-refractivity contribution >= 4 is 5.97 Å². The molecule has 0 aliphatic carbocycles. The number of benzene rings is 1. The summed E-state index contributed by atoms with van der Waals surface area (Å²) in [6.07, 6.45) is -0.163. The molecule has 0 aliphatic heterocycles. The van der Waals surface area contributed by atoms with Crippen LogP contribution in [0.2, 0.25) is 0 Å². The number of nitrogens with two attached hydrogens (primary N) is 1. The van der Waals surface area contributed by atoms with Gasteiger partial charge in [-0.05, 0) is 37.5 Å². The van der Waals surface area contributed by atoms with Crippen molar-refractivity contribution in [1.29, 1.82) is 0 Å². The third-order valence-electron chi connectivity index (χ3n) is 3.12. The molecule has 5 heteroatoms. The highest BCUT2D eigenvalue weighted by Crippen LogP contribution is 2.30. The molecule has 0 heterocycles. The highest BCUT2D eigenvalue weighted by Gasteiger charge is 2.39. The van der Waals surface area contributed by atoms with E-state index in [1.165, 1.54) is 18.2 Å². The summed E-state index contributed by atoms with van der Waals surface area (Å²) in [5.41, 5.74) is 4.58. The quantitative estimate of drug-likeness (QED) is 0.714. The van der Waals surface area contributed by atoms with Crippen molar-refractivity contribution in [3.8, 4) is 0 Å². The second-order valence-corrected chi connectivity index (χ2v) is 4.49. The Morgan fingerprint density at radius 1 is 1.56 bits per heavy atom. The minimum absolute atomic E-state index is 0.140. The smallest absolute Gasteiger partial charge is 0.315 e. The molecule has 0 fully saturated rings. The molecule has 1 rings (SSSR count). The third-order valence-corrected chi connectivity index (χ3v) is 3.12. The van der Waals surface area contributed by atoms with E-state index in [0.29, 0.717) is 12.0 Å². The Labute approximate surface area is 105 Å². The van der Waals surface area contributed by atoms with Crippen LogP contribution in [0.25, 0.3) is 0 Å². The number of aliphatic carboxylic acids is 1. The normalized spacial score (nSPS) is 16.0. The number of aliphatic hydroxyl groups is 1. The number of carboxylic acid groups (broad SMARTS) is 1. The van der Waals surface area contributed by atoms with Crippen LogP contribution in [-0.4, -0.2) is 28.8 Å². The SMILES string of the molecule is CC(O)CCC(CN)(C(=O)O)c1cccc(F)c1.